The first-order valence-electron chi connectivity index (χ1n) is 11.6. The van der Waals surface area contributed by atoms with E-state index in [4.69, 9.17) is 21.1 Å². The number of ether oxygens (including phenoxy) is 2. The van der Waals surface area contributed by atoms with Gasteiger partial charge in [0.1, 0.15) is 17.7 Å². The molecule has 184 valence electrons. The van der Waals surface area contributed by atoms with Gasteiger partial charge in [0.2, 0.25) is 0 Å². The van der Waals surface area contributed by atoms with E-state index in [-0.39, 0.29) is 5.91 Å². The lowest BCUT2D eigenvalue weighted by Gasteiger charge is -2.38. The number of para-hydroxylation sites is 1. The van der Waals surface area contributed by atoms with Crippen molar-refractivity contribution in [3.8, 4) is 11.5 Å². The molecule has 36 heavy (non-hydrogen) atoms. The zero-order valence-corrected chi connectivity index (χ0v) is 21.3. The summed E-state index contributed by atoms with van der Waals surface area (Å²) in [4.78, 5) is 15.5. The van der Waals surface area contributed by atoms with Gasteiger partial charge in [-0.05, 0) is 67.9 Å². The van der Waals surface area contributed by atoms with E-state index in [1.54, 1.807) is 19.1 Å². The van der Waals surface area contributed by atoms with E-state index in [9.17, 15) is 4.79 Å². The number of aromatic nitrogens is 2. The van der Waals surface area contributed by atoms with Crippen molar-refractivity contribution < 1.29 is 14.3 Å². The number of amides is 1. The Kier molecular flexibility index (Phi) is 6.33. The largest absolute Gasteiger partial charge is 0.497 e. The van der Waals surface area contributed by atoms with Crippen LogP contribution in [0.2, 0.25) is 5.02 Å². The number of nitrogens with one attached hydrogen (secondary N) is 1. The van der Waals surface area contributed by atoms with Gasteiger partial charge in [0, 0.05) is 16.9 Å². The Morgan fingerprint density at radius 2 is 1.75 bits per heavy atom. The summed E-state index contributed by atoms with van der Waals surface area (Å²) in [5, 5.41) is 8.80. The van der Waals surface area contributed by atoms with E-state index in [2.05, 4.69) is 16.5 Å². The average Bonchev–Trinajstić information content (AvgIpc) is 3.15. The Morgan fingerprint density at radius 1 is 1.00 bits per heavy atom. The Bertz CT molecular complexity index is 1430. The minimum absolute atomic E-state index is 0.0813. The fourth-order valence-electron chi connectivity index (χ4n) is 4.58. The van der Waals surface area contributed by atoms with Gasteiger partial charge in [0.05, 0.1) is 42.7 Å². The van der Waals surface area contributed by atoms with Gasteiger partial charge in [-0.25, -0.2) is 0 Å². The van der Waals surface area contributed by atoms with Gasteiger partial charge >= 0.3 is 0 Å². The fourth-order valence-corrected chi connectivity index (χ4v) is 4.71. The average molecular weight is 503 g/mol. The highest BCUT2D eigenvalue weighted by atomic mass is 35.5. The molecule has 2 heterocycles. The zero-order valence-electron chi connectivity index (χ0n) is 20.6. The number of halogens is 1. The number of anilines is 2. The van der Waals surface area contributed by atoms with Gasteiger partial charge < -0.3 is 14.8 Å². The van der Waals surface area contributed by atoms with Crippen LogP contribution in [-0.2, 0) is 6.54 Å². The van der Waals surface area contributed by atoms with Crippen molar-refractivity contribution in [1.29, 1.82) is 0 Å². The van der Waals surface area contributed by atoms with Crippen molar-refractivity contribution in [2.24, 2.45) is 0 Å². The molecule has 3 aromatic carbocycles. The topological polar surface area (TPSA) is 68.6 Å². The molecule has 0 aliphatic carbocycles. The molecule has 8 heteroatoms. The number of benzene rings is 3. The molecule has 0 spiro atoms. The zero-order chi connectivity index (χ0) is 25.4. The second-order valence-electron chi connectivity index (χ2n) is 8.68. The van der Waals surface area contributed by atoms with Crippen LogP contribution in [-0.4, -0.2) is 29.9 Å². The van der Waals surface area contributed by atoms with Crippen LogP contribution in [0.15, 0.2) is 66.7 Å². The molecule has 0 fully saturated rings. The van der Waals surface area contributed by atoms with Crippen LogP contribution < -0.4 is 19.7 Å². The molecule has 0 unspecified atom stereocenters. The number of hydrogen-bond acceptors (Lipinski definition) is 5. The Hall–Kier alpha value is -3.97. The minimum atomic E-state index is -0.436. The second-order valence-corrected chi connectivity index (χ2v) is 9.06. The van der Waals surface area contributed by atoms with Crippen LogP contribution in [0.5, 0.6) is 11.5 Å². The maximum Gasteiger partial charge on any atom is 0.262 e. The third-order valence-corrected chi connectivity index (χ3v) is 7.06. The van der Waals surface area contributed by atoms with E-state index in [1.165, 1.54) is 0 Å². The van der Waals surface area contributed by atoms with Crippen molar-refractivity contribution in [1.82, 2.24) is 9.78 Å². The van der Waals surface area contributed by atoms with Crippen molar-refractivity contribution in [2.75, 3.05) is 24.4 Å². The van der Waals surface area contributed by atoms with Crippen LogP contribution in [0.1, 0.15) is 39.0 Å². The number of aryl methyl sites for hydroxylation is 1. The first-order valence-corrected chi connectivity index (χ1v) is 12.0. The van der Waals surface area contributed by atoms with Crippen LogP contribution in [0, 0.1) is 13.8 Å². The summed E-state index contributed by atoms with van der Waals surface area (Å²) in [6, 6.07) is 21.0. The molecule has 1 aromatic heterocycles. The van der Waals surface area contributed by atoms with E-state index in [0.29, 0.717) is 17.1 Å². The highest BCUT2D eigenvalue weighted by molar-refractivity contribution is 6.31. The normalized spacial score (nSPS) is 14.9. The summed E-state index contributed by atoms with van der Waals surface area (Å²) in [5.74, 6) is 1.38. The van der Waals surface area contributed by atoms with Crippen LogP contribution in [0.3, 0.4) is 0 Å². The lowest BCUT2D eigenvalue weighted by molar-refractivity contribution is 0.0975. The molecule has 0 saturated heterocycles. The third-order valence-electron chi connectivity index (χ3n) is 6.51. The molecule has 0 saturated carbocycles. The van der Waals surface area contributed by atoms with Gasteiger partial charge in [-0.15, -0.1) is 0 Å². The summed E-state index contributed by atoms with van der Waals surface area (Å²) in [7, 11) is 3.27. The first kappa shape index (κ1) is 23.8. The molecule has 1 N–H and O–H groups in total. The quantitative estimate of drug-likeness (QED) is 0.351. The summed E-state index contributed by atoms with van der Waals surface area (Å²) in [6.07, 6.45) is -0.436. The van der Waals surface area contributed by atoms with Gasteiger partial charge in [0.15, 0.2) is 0 Å². The molecule has 1 amide bonds. The lowest BCUT2D eigenvalue weighted by Crippen LogP contribution is -2.43. The number of fused-ring (bicyclic) bond motifs is 1. The van der Waals surface area contributed by atoms with Gasteiger partial charge in [-0.1, -0.05) is 29.8 Å². The molecule has 1 aliphatic heterocycles. The summed E-state index contributed by atoms with van der Waals surface area (Å²) < 4.78 is 12.9. The molecule has 1 aliphatic rings. The van der Waals surface area contributed by atoms with E-state index < -0.39 is 6.17 Å². The molecule has 1 atom stereocenters. The number of methoxy groups -OCH3 is 2. The van der Waals surface area contributed by atoms with Crippen LogP contribution in [0.4, 0.5) is 11.4 Å². The maximum absolute atomic E-state index is 13.7. The molecule has 4 aromatic rings. The van der Waals surface area contributed by atoms with Gasteiger partial charge in [-0.3, -0.25) is 14.4 Å². The van der Waals surface area contributed by atoms with Crippen molar-refractivity contribution in [3.63, 3.8) is 0 Å². The number of rotatable bonds is 6. The standard InChI is InChI=1S/C28H27ClN4O3/c1-17-26(29)18(2)32(31-17)16-20-15-19(9-14-25(20)36-4)27-30-24-8-6-5-7-23(24)28(34)33(27)21-10-12-22(35-3)13-11-21/h5-15,27,30H,16H2,1-4H3/t27-/m0/s1. The van der Waals surface area contributed by atoms with Crippen molar-refractivity contribution in [2.45, 2.75) is 26.6 Å². The molecular formula is C28H27ClN4O3. The molecule has 5 rings (SSSR count). The van der Waals surface area contributed by atoms with Crippen molar-refractivity contribution in [3.05, 3.63) is 99.8 Å². The molecule has 7 nitrogen and oxygen atoms in total. The monoisotopic (exact) mass is 502 g/mol. The highest BCUT2D eigenvalue weighted by Gasteiger charge is 2.34. The number of nitrogens with zero attached hydrogens (tertiary/aromatic N) is 3. The predicted octanol–water partition coefficient (Wildman–Crippen LogP) is 5.99. The number of hydrogen-bond donors (Lipinski definition) is 1. The molecular weight excluding hydrogens is 476 g/mol. The smallest absolute Gasteiger partial charge is 0.262 e. The predicted molar refractivity (Wildman–Crippen MR) is 141 cm³/mol. The van der Waals surface area contributed by atoms with Crippen molar-refractivity contribution >= 4 is 28.9 Å². The van der Waals surface area contributed by atoms with Crippen LogP contribution in [0.25, 0.3) is 0 Å². The second kappa shape index (κ2) is 9.59. The maximum atomic E-state index is 13.7. The SMILES string of the molecule is COc1ccc(N2C(=O)c3ccccc3N[C@@H]2c2ccc(OC)c(Cn3nc(C)c(Cl)c3C)c2)cc1. The highest BCUT2D eigenvalue weighted by Crippen LogP contribution is 2.38. The third kappa shape index (κ3) is 4.16. The first-order chi connectivity index (χ1) is 17.4. The summed E-state index contributed by atoms with van der Waals surface area (Å²) >= 11 is 6.39. The van der Waals surface area contributed by atoms with Gasteiger partial charge in [0.25, 0.3) is 5.91 Å². The fraction of sp³-hybridized carbons (Fsp3) is 0.214. The Morgan fingerprint density at radius 3 is 2.42 bits per heavy atom. The Labute approximate surface area is 215 Å². The molecule has 0 radical (unpaired) electrons. The molecule has 0 bridgehead atoms. The lowest BCUT2D eigenvalue weighted by atomic mass is 10.0. The minimum Gasteiger partial charge on any atom is -0.497 e. The summed E-state index contributed by atoms with van der Waals surface area (Å²) in [6.45, 7) is 4.32. The van der Waals surface area contributed by atoms with E-state index >= 15 is 0 Å². The summed E-state index contributed by atoms with van der Waals surface area (Å²) in [5.41, 5.74) is 5.69. The van der Waals surface area contributed by atoms with E-state index in [1.807, 2.05) is 79.2 Å². The Balaban J connectivity index is 1.60. The number of carbonyl (C=O) groups is 1. The van der Waals surface area contributed by atoms with Crippen LogP contribution >= 0.6 is 11.6 Å². The van der Waals surface area contributed by atoms with Gasteiger partial charge in [-0.2, -0.15) is 5.10 Å². The van der Waals surface area contributed by atoms with E-state index in [0.717, 1.165) is 45.4 Å². The number of carbonyl (C=O) groups excluding carboxylic acids is 1.